The summed E-state index contributed by atoms with van der Waals surface area (Å²) in [6, 6.07) is 14.9. The zero-order valence-electron chi connectivity index (χ0n) is 25.5. The van der Waals surface area contributed by atoms with E-state index < -0.39 is 21.4 Å². The largest absolute Gasteiger partial charge is 0.384 e. The first kappa shape index (κ1) is 31.8. The van der Waals surface area contributed by atoms with Gasteiger partial charge in [-0.05, 0) is 78.8 Å². The third kappa shape index (κ3) is 7.64. The van der Waals surface area contributed by atoms with Gasteiger partial charge in [-0.2, -0.15) is 5.10 Å². The Hall–Kier alpha value is -3.11. The van der Waals surface area contributed by atoms with Crippen LogP contribution < -0.4 is 5.14 Å². The lowest BCUT2D eigenvalue weighted by Crippen LogP contribution is -2.20. The molecule has 0 aliphatic carbocycles. The molecule has 1 amide bonds. The molecule has 2 aromatic carbocycles. The maximum atomic E-state index is 13.7. The van der Waals surface area contributed by atoms with E-state index >= 15 is 0 Å². The van der Waals surface area contributed by atoms with Crippen LogP contribution in [-0.4, -0.2) is 38.2 Å². The first-order valence-corrected chi connectivity index (χ1v) is 16.2. The zero-order chi connectivity index (χ0) is 30.7. The van der Waals surface area contributed by atoms with Crippen molar-refractivity contribution >= 4 is 21.9 Å². The highest BCUT2D eigenvalue weighted by atomic mass is 32.2. The number of rotatable bonds is 9. The standard InChI is InChI=1S/C33H44N4O4S/c1-22(2)27-18-25(13-12-24-14-16-41-17-15-24)19-28(23(3)4)29(27)20-31(38)36-42(34,40)32-21-30(33(5,6)39)37(35-32)26-10-8-7-9-11-26/h7-13,18-19,21-24,39H,14-17,20H2,1-6H3,(H2,34,36,38,40)/b13-12-. The van der Waals surface area contributed by atoms with E-state index in [0.29, 0.717) is 17.3 Å². The van der Waals surface area contributed by atoms with Crippen molar-refractivity contribution in [2.24, 2.45) is 15.4 Å². The minimum Gasteiger partial charge on any atom is -0.384 e. The van der Waals surface area contributed by atoms with E-state index in [9.17, 15) is 14.1 Å². The van der Waals surface area contributed by atoms with Crippen LogP contribution in [0.15, 0.2) is 64.0 Å². The van der Waals surface area contributed by atoms with Crippen molar-refractivity contribution in [3.05, 3.63) is 82.6 Å². The molecule has 2 heterocycles. The van der Waals surface area contributed by atoms with Crippen molar-refractivity contribution in [1.82, 2.24) is 9.78 Å². The van der Waals surface area contributed by atoms with Crippen LogP contribution in [0.5, 0.6) is 0 Å². The molecule has 1 saturated heterocycles. The average molecular weight is 593 g/mol. The molecule has 42 heavy (non-hydrogen) atoms. The quantitative estimate of drug-likeness (QED) is 0.304. The lowest BCUT2D eigenvalue weighted by atomic mass is 9.85. The van der Waals surface area contributed by atoms with Crippen LogP contribution in [0, 0.1) is 5.92 Å². The summed E-state index contributed by atoms with van der Waals surface area (Å²) < 4.78 is 24.6. The molecule has 1 aliphatic heterocycles. The van der Waals surface area contributed by atoms with Gasteiger partial charge in [0.15, 0.2) is 14.9 Å². The fraction of sp³-hybridized carbons (Fsp3) is 0.455. The Morgan fingerprint density at radius 1 is 1.12 bits per heavy atom. The Balaban J connectivity index is 1.69. The molecule has 0 radical (unpaired) electrons. The van der Waals surface area contributed by atoms with E-state index in [1.54, 1.807) is 13.8 Å². The number of nitrogens with zero attached hydrogens (tertiary/aromatic N) is 3. The van der Waals surface area contributed by atoms with Gasteiger partial charge in [-0.25, -0.2) is 14.0 Å². The van der Waals surface area contributed by atoms with E-state index in [1.807, 2.05) is 30.3 Å². The zero-order valence-corrected chi connectivity index (χ0v) is 26.4. The van der Waals surface area contributed by atoms with Gasteiger partial charge in [0.1, 0.15) is 5.60 Å². The van der Waals surface area contributed by atoms with E-state index in [-0.39, 0.29) is 23.3 Å². The van der Waals surface area contributed by atoms with Crippen LogP contribution >= 0.6 is 0 Å². The van der Waals surface area contributed by atoms with Gasteiger partial charge in [0.2, 0.25) is 0 Å². The van der Waals surface area contributed by atoms with Gasteiger partial charge in [-0.15, -0.1) is 4.36 Å². The van der Waals surface area contributed by atoms with Crippen LogP contribution in [0.3, 0.4) is 0 Å². The Labute approximate surface area is 250 Å². The minimum atomic E-state index is -3.68. The van der Waals surface area contributed by atoms with Gasteiger partial charge in [-0.1, -0.05) is 70.2 Å². The molecule has 4 rings (SSSR count). The van der Waals surface area contributed by atoms with Crippen LogP contribution in [0.1, 0.15) is 94.2 Å². The monoisotopic (exact) mass is 592 g/mol. The number of amides is 1. The van der Waals surface area contributed by atoms with Gasteiger partial charge in [0, 0.05) is 19.3 Å². The maximum absolute atomic E-state index is 13.7. The molecular weight excluding hydrogens is 548 g/mol. The number of nitrogens with two attached hydrogens (primary N) is 1. The normalized spacial score (nSPS) is 16.3. The predicted octanol–water partition coefficient (Wildman–Crippen LogP) is 6.26. The summed E-state index contributed by atoms with van der Waals surface area (Å²) in [7, 11) is -3.68. The van der Waals surface area contributed by atoms with Gasteiger partial charge in [0.25, 0.3) is 5.91 Å². The number of hydrogen-bond donors (Lipinski definition) is 2. The number of ether oxygens (including phenoxy) is 1. The molecule has 3 N–H and O–H groups in total. The van der Waals surface area contributed by atoms with Crippen molar-refractivity contribution in [2.45, 2.75) is 83.3 Å². The summed E-state index contributed by atoms with van der Waals surface area (Å²) in [4.78, 5) is 13.4. The van der Waals surface area contributed by atoms with Gasteiger partial charge in [0.05, 0.1) is 17.8 Å². The molecule has 1 aliphatic rings. The van der Waals surface area contributed by atoms with Crippen molar-refractivity contribution in [3.8, 4) is 5.69 Å². The molecule has 3 aromatic rings. The molecule has 226 valence electrons. The highest BCUT2D eigenvalue weighted by Gasteiger charge is 2.27. The van der Waals surface area contributed by atoms with Gasteiger partial charge < -0.3 is 9.84 Å². The van der Waals surface area contributed by atoms with Crippen LogP contribution in [0.4, 0.5) is 0 Å². The second kappa shape index (κ2) is 13.0. The van der Waals surface area contributed by atoms with E-state index in [4.69, 9.17) is 9.88 Å². The van der Waals surface area contributed by atoms with Gasteiger partial charge in [-0.3, -0.25) is 4.79 Å². The Kier molecular flexibility index (Phi) is 9.88. The lowest BCUT2D eigenvalue weighted by Gasteiger charge is -2.21. The number of carbonyl (C=O) groups is 1. The topological polar surface area (TPSA) is 120 Å². The number of aliphatic hydroxyl groups is 1. The van der Waals surface area contributed by atoms with E-state index in [2.05, 4.69) is 61.4 Å². The Morgan fingerprint density at radius 3 is 2.26 bits per heavy atom. The van der Waals surface area contributed by atoms with Crippen molar-refractivity contribution in [1.29, 1.82) is 0 Å². The number of allylic oxidation sites excluding steroid dienone is 1. The summed E-state index contributed by atoms with van der Waals surface area (Å²) in [5.74, 6) is 0.263. The van der Waals surface area contributed by atoms with Crippen molar-refractivity contribution < 1.29 is 18.8 Å². The number of para-hydroxylation sites is 1. The fourth-order valence-electron chi connectivity index (χ4n) is 5.31. The summed E-state index contributed by atoms with van der Waals surface area (Å²) in [5, 5.41) is 21.4. The molecule has 0 spiro atoms. The molecule has 8 nitrogen and oxygen atoms in total. The minimum absolute atomic E-state index is 0.0169. The molecule has 0 bridgehead atoms. The summed E-state index contributed by atoms with van der Waals surface area (Å²) >= 11 is 0. The smallest absolute Gasteiger partial charge is 0.259 e. The van der Waals surface area contributed by atoms with Crippen LogP contribution in [0.25, 0.3) is 11.8 Å². The third-order valence-corrected chi connectivity index (χ3v) is 8.87. The highest BCUT2D eigenvalue weighted by molar-refractivity contribution is 7.91. The molecule has 1 atom stereocenters. The fourth-order valence-corrected chi connectivity index (χ4v) is 6.25. The van der Waals surface area contributed by atoms with Crippen molar-refractivity contribution in [3.63, 3.8) is 0 Å². The number of carbonyl (C=O) groups excluding carboxylic acids is 1. The molecule has 1 fully saturated rings. The Morgan fingerprint density at radius 2 is 1.71 bits per heavy atom. The SMILES string of the molecule is CC(C)c1cc(/C=C\C2CCOCC2)cc(C(C)C)c1CC(=O)N=S(N)(=O)c1cc(C(C)(C)O)n(-c2ccccc2)n1. The van der Waals surface area contributed by atoms with E-state index in [0.717, 1.165) is 48.3 Å². The first-order chi connectivity index (χ1) is 19.8. The molecular formula is C33H44N4O4S. The second-order valence-corrected chi connectivity index (χ2v) is 13.9. The highest BCUT2D eigenvalue weighted by Crippen LogP contribution is 2.32. The predicted molar refractivity (Wildman–Crippen MR) is 168 cm³/mol. The summed E-state index contributed by atoms with van der Waals surface area (Å²) in [6.45, 7) is 13.2. The molecule has 9 heteroatoms. The van der Waals surface area contributed by atoms with E-state index in [1.165, 1.54) is 10.7 Å². The van der Waals surface area contributed by atoms with Crippen molar-refractivity contribution in [2.75, 3.05) is 13.2 Å². The molecule has 0 saturated carbocycles. The van der Waals surface area contributed by atoms with Crippen LogP contribution in [0.2, 0.25) is 0 Å². The number of hydrogen-bond acceptors (Lipinski definition) is 5. The van der Waals surface area contributed by atoms with Crippen LogP contribution in [-0.2, 0) is 31.5 Å². The van der Waals surface area contributed by atoms with Gasteiger partial charge >= 0.3 is 0 Å². The Bertz CT molecular complexity index is 1520. The summed E-state index contributed by atoms with van der Waals surface area (Å²) in [6.07, 6.45) is 6.48. The number of benzene rings is 2. The second-order valence-electron chi connectivity index (χ2n) is 12.2. The lowest BCUT2D eigenvalue weighted by molar-refractivity contribution is -0.117. The number of aromatic nitrogens is 2. The first-order valence-electron chi connectivity index (χ1n) is 14.6. The summed E-state index contributed by atoms with van der Waals surface area (Å²) in [5.41, 5.74) is 3.89. The third-order valence-electron chi connectivity index (χ3n) is 7.59. The average Bonchev–Trinajstić information content (AvgIpc) is 3.40. The molecule has 1 unspecified atom stereocenters. The molecule has 1 aromatic heterocycles. The maximum Gasteiger partial charge on any atom is 0.259 e.